The molecule has 0 amide bonds. The van der Waals surface area contributed by atoms with Crippen molar-refractivity contribution >= 4 is 5.97 Å². The summed E-state index contributed by atoms with van der Waals surface area (Å²) in [4.78, 5) is 11.0. The lowest BCUT2D eigenvalue weighted by Crippen LogP contribution is -2.31. The lowest BCUT2D eigenvalue weighted by Gasteiger charge is -2.08. The second-order valence-electron chi connectivity index (χ2n) is 3.41. The number of ether oxygens (including phenoxy) is 1. The van der Waals surface area contributed by atoms with Crippen molar-refractivity contribution in [1.29, 1.82) is 0 Å². The lowest BCUT2D eigenvalue weighted by atomic mass is 10.2. The van der Waals surface area contributed by atoms with Crippen molar-refractivity contribution in [2.75, 3.05) is 6.61 Å². The van der Waals surface area contributed by atoms with Crippen LogP contribution in [0.5, 0.6) is 0 Å². The summed E-state index contributed by atoms with van der Waals surface area (Å²) in [5, 5.41) is 0. The lowest BCUT2D eigenvalue weighted by molar-refractivity contribution is -0.145. The molecule has 1 atom stereocenters. The molecule has 0 aromatic carbocycles. The molecular formula is C9H17NO2. The van der Waals surface area contributed by atoms with E-state index in [-0.39, 0.29) is 5.97 Å². The van der Waals surface area contributed by atoms with Crippen molar-refractivity contribution in [3.63, 3.8) is 0 Å². The Hall–Kier alpha value is -0.570. The third-order valence-corrected chi connectivity index (χ3v) is 2.21. The van der Waals surface area contributed by atoms with Crippen molar-refractivity contribution in [2.24, 2.45) is 11.7 Å². The van der Waals surface area contributed by atoms with E-state index >= 15 is 0 Å². The monoisotopic (exact) mass is 171 g/mol. The average Bonchev–Trinajstić information content (AvgIpc) is 2.86. The fourth-order valence-electron chi connectivity index (χ4n) is 1.01. The molecule has 3 heteroatoms. The van der Waals surface area contributed by atoms with Gasteiger partial charge in [0.25, 0.3) is 0 Å². The van der Waals surface area contributed by atoms with E-state index in [4.69, 9.17) is 10.5 Å². The van der Waals surface area contributed by atoms with Crippen molar-refractivity contribution in [3.8, 4) is 0 Å². The predicted octanol–water partition coefficient (Wildman–Crippen LogP) is 1.07. The highest BCUT2D eigenvalue weighted by atomic mass is 16.5. The van der Waals surface area contributed by atoms with E-state index < -0.39 is 6.04 Å². The molecule has 12 heavy (non-hydrogen) atoms. The van der Waals surface area contributed by atoms with Crippen LogP contribution >= 0.6 is 0 Å². The van der Waals surface area contributed by atoms with Crippen LogP contribution in [0.4, 0.5) is 0 Å². The standard InChI is InChI=1S/C9H17NO2/c1-2-8(10)9(11)12-6-5-7-3-4-7/h7-8H,2-6,10H2,1H3/t8-/m1/s1. The zero-order chi connectivity index (χ0) is 8.97. The van der Waals surface area contributed by atoms with Gasteiger partial charge in [0, 0.05) is 0 Å². The quantitative estimate of drug-likeness (QED) is 0.629. The summed E-state index contributed by atoms with van der Waals surface area (Å²) in [5.74, 6) is 0.564. The first kappa shape index (κ1) is 9.52. The molecule has 0 unspecified atom stereocenters. The maximum absolute atomic E-state index is 11.0. The van der Waals surface area contributed by atoms with Crippen LogP contribution in [-0.4, -0.2) is 18.6 Å². The van der Waals surface area contributed by atoms with Crippen LogP contribution < -0.4 is 5.73 Å². The van der Waals surface area contributed by atoms with Gasteiger partial charge in [-0.15, -0.1) is 0 Å². The van der Waals surface area contributed by atoms with E-state index in [0.717, 1.165) is 12.3 Å². The third-order valence-electron chi connectivity index (χ3n) is 2.21. The molecule has 0 radical (unpaired) electrons. The molecule has 0 aromatic heterocycles. The van der Waals surface area contributed by atoms with Gasteiger partial charge in [-0.1, -0.05) is 19.8 Å². The zero-order valence-electron chi connectivity index (χ0n) is 7.58. The van der Waals surface area contributed by atoms with Gasteiger partial charge in [-0.3, -0.25) is 4.79 Å². The largest absolute Gasteiger partial charge is 0.465 e. The molecule has 0 saturated heterocycles. The molecule has 2 N–H and O–H groups in total. The Balaban J connectivity index is 2.00. The van der Waals surface area contributed by atoms with Crippen molar-refractivity contribution in [3.05, 3.63) is 0 Å². The number of rotatable bonds is 5. The van der Waals surface area contributed by atoms with Crippen molar-refractivity contribution in [1.82, 2.24) is 0 Å². The highest BCUT2D eigenvalue weighted by Crippen LogP contribution is 2.32. The summed E-state index contributed by atoms with van der Waals surface area (Å²) < 4.78 is 4.98. The summed E-state index contributed by atoms with van der Waals surface area (Å²) in [5.41, 5.74) is 5.47. The molecule has 1 aliphatic rings. The first-order chi connectivity index (χ1) is 5.74. The molecule has 1 saturated carbocycles. The van der Waals surface area contributed by atoms with E-state index in [9.17, 15) is 4.79 Å². The number of esters is 1. The van der Waals surface area contributed by atoms with E-state index in [1.165, 1.54) is 12.8 Å². The SMILES string of the molecule is CC[C@@H](N)C(=O)OCCC1CC1. The molecule has 0 aliphatic heterocycles. The number of hydrogen-bond acceptors (Lipinski definition) is 3. The molecule has 0 spiro atoms. The van der Waals surface area contributed by atoms with Crippen LogP contribution in [-0.2, 0) is 9.53 Å². The van der Waals surface area contributed by atoms with Gasteiger partial charge in [-0.05, 0) is 18.8 Å². The number of hydrogen-bond donors (Lipinski definition) is 1. The van der Waals surface area contributed by atoms with Gasteiger partial charge in [-0.25, -0.2) is 0 Å². The Morgan fingerprint density at radius 3 is 2.83 bits per heavy atom. The number of carbonyl (C=O) groups is 1. The van der Waals surface area contributed by atoms with Crippen LogP contribution in [0.1, 0.15) is 32.6 Å². The van der Waals surface area contributed by atoms with Crippen LogP contribution in [0.2, 0.25) is 0 Å². The van der Waals surface area contributed by atoms with Gasteiger partial charge < -0.3 is 10.5 Å². The Morgan fingerprint density at radius 1 is 1.67 bits per heavy atom. The first-order valence-electron chi connectivity index (χ1n) is 4.66. The molecule has 0 heterocycles. The minimum Gasteiger partial charge on any atom is -0.465 e. The molecule has 1 fully saturated rings. The molecule has 0 bridgehead atoms. The average molecular weight is 171 g/mol. The number of carbonyl (C=O) groups excluding carboxylic acids is 1. The van der Waals surface area contributed by atoms with Gasteiger partial charge >= 0.3 is 5.97 Å². The molecule has 3 nitrogen and oxygen atoms in total. The fraction of sp³-hybridized carbons (Fsp3) is 0.889. The summed E-state index contributed by atoms with van der Waals surface area (Å²) in [6.07, 6.45) is 4.28. The minimum atomic E-state index is -0.427. The Labute approximate surface area is 73.3 Å². The highest BCUT2D eigenvalue weighted by molar-refractivity contribution is 5.75. The zero-order valence-corrected chi connectivity index (χ0v) is 7.58. The predicted molar refractivity (Wildman–Crippen MR) is 46.6 cm³/mol. The summed E-state index contributed by atoms with van der Waals surface area (Å²) >= 11 is 0. The van der Waals surface area contributed by atoms with Gasteiger partial charge in [0.05, 0.1) is 6.61 Å². The van der Waals surface area contributed by atoms with Crippen LogP contribution in [0, 0.1) is 5.92 Å². The van der Waals surface area contributed by atoms with Gasteiger partial charge in [-0.2, -0.15) is 0 Å². The number of nitrogens with two attached hydrogens (primary N) is 1. The molecule has 1 rings (SSSR count). The summed E-state index contributed by atoms with van der Waals surface area (Å²) in [6, 6.07) is -0.427. The summed E-state index contributed by atoms with van der Waals surface area (Å²) in [7, 11) is 0. The molecule has 70 valence electrons. The second-order valence-corrected chi connectivity index (χ2v) is 3.41. The minimum absolute atomic E-state index is 0.252. The van der Waals surface area contributed by atoms with E-state index in [0.29, 0.717) is 13.0 Å². The molecular weight excluding hydrogens is 154 g/mol. The van der Waals surface area contributed by atoms with Gasteiger partial charge in [0.1, 0.15) is 6.04 Å². The van der Waals surface area contributed by atoms with Crippen LogP contribution in [0.25, 0.3) is 0 Å². The van der Waals surface area contributed by atoms with Crippen LogP contribution in [0.15, 0.2) is 0 Å². The molecule has 1 aliphatic carbocycles. The van der Waals surface area contributed by atoms with Gasteiger partial charge in [0.2, 0.25) is 0 Å². The Kier molecular flexibility index (Phi) is 3.53. The van der Waals surface area contributed by atoms with E-state index in [1.807, 2.05) is 6.92 Å². The van der Waals surface area contributed by atoms with E-state index in [1.54, 1.807) is 0 Å². The Bertz CT molecular complexity index is 155. The maximum atomic E-state index is 11.0. The Morgan fingerprint density at radius 2 is 2.33 bits per heavy atom. The molecule has 0 aromatic rings. The normalized spacial score (nSPS) is 18.8. The van der Waals surface area contributed by atoms with Crippen LogP contribution in [0.3, 0.4) is 0 Å². The first-order valence-corrected chi connectivity index (χ1v) is 4.66. The van der Waals surface area contributed by atoms with E-state index in [2.05, 4.69) is 0 Å². The second kappa shape index (κ2) is 4.45. The topological polar surface area (TPSA) is 52.3 Å². The maximum Gasteiger partial charge on any atom is 0.322 e. The van der Waals surface area contributed by atoms with Crippen molar-refractivity contribution < 1.29 is 9.53 Å². The summed E-state index contributed by atoms with van der Waals surface area (Å²) in [6.45, 7) is 2.43. The smallest absolute Gasteiger partial charge is 0.322 e. The van der Waals surface area contributed by atoms with Gasteiger partial charge in [0.15, 0.2) is 0 Å². The third kappa shape index (κ3) is 3.22. The highest BCUT2D eigenvalue weighted by Gasteiger charge is 2.21. The fourth-order valence-corrected chi connectivity index (χ4v) is 1.01. The van der Waals surface area contributed by atoms with Crippen molar-refractivity contribution in [2.45, 2.75) is 38.6 Å².